The number of benzene rings is 2. The van der Waals surface area contributed by atoms with Gasteiger partial charge < -0.3 is 10.1 Å². The van der Waals surface area contributed by atoms with Gasteiger partial charge in [0.05, 0.1) is 16.1 Å². The van der Waals surface area contributed by atoms with Crippen molar-refractivity contribution in [3.8, 4) is 0 Å². The first-order valence-corrected chi connectivity index (χ1v) is 8.24. The molecular weight excluding hydrogens is 349 g/mol. The zero-order chi connectivity index (χ0) is 17.2. The molecule has 0 saturated heterocycles. The Labute approximate surface area is 149 Å². The highest BCUT2D eigenvalue weighted by Gasteiger charge is 2.52. The van der Waals surface area contributed by atoms with Gasteiger partial charge in [0, 0.05) is 5.02 Å². The van der Waals surface area contributed by atoms with Crippen LogP contribution in [0.5, 0.6) is 0 Å². The van der Waals surface area contributed by atoms with E-state index in [9.17, 15) is 9.59 Å². The summed E-state index contributed by atoms with van der Waals surface area (Å²) in [6, 6.07) is 14.2. The lowest BCUT2D eigenvalue weighted by Crippen LogP contribution is -2.28. The fourth-order valence-electron chi connectivity index (χ4n) is 2.54. The molecule has 1 aliphatic carbocycles. The molecule has 0 heterocycles. The van der Waals surface area contributed by atoms with E-state index in [1.807, 2.05) is 30.3 Å². The summed E-state index contributed by atoms with van der Waals surface area (Å²) in [5, 5.41) is 3.40. The number of carbonyl (C=O) groups excluding carboxylic acids is 2. The molecule has 1 fully saturated rings. The molecular formula is C18H15Cl2NO3. The number of rotatable bonds is 5. The lowest BCUT2D eigenvalue weighted by atomic mass is 9.96. The zero-order valence-electron chi connectivity index (χ0n) is 12.7. The number of halogens is 2. The van der Waals surface area contributed by atoms with Crippen molar-refractivity contribution in [2.45, 2.75) is 18.3 Å². The molecule has 1 saturated carbocycles. The maximum absolute atomic E-state index is 12.4. The molecule has 0 aliphatic heterocycles. The highest BCUT2D eigenvalue weighted by molar-refractivity contribution is 6.35. The average molecular weight is 364 g/mol. The van der Waals surface area contributed by atoms with Crippen LogP contribution in [0, 0.1) is 0 Å². The number of hydrogen-bond donors (Lipinski definition) is 1. The Hall–Kier alpha value is -2.04. The van der Waals surface area contributed by atoms with Crippen LogP contribution in [0.3, 0.4) is 0 Å². The number of anilines is 1. The van der Waals surface area contributed by atoms with Gasteiger partial charge in [0.1, 0.15) is 0 Å². The number of nitrogens with one attached hydrogen (secondary N) is 1. The van der Waals surface area contributed by atoms with Gasteiger partial charge in [-0.3, -0.25) is 9.59 Å². The van der Waals surface area contributed by atoms with Crippen molar-refractivity contribution in [3.05, 3.63) is 64.1 Å². The Balaban J connectivity index is 1.59. The molecule has 6 heteroatoms. The summed E-state index contributed by atoms with van der Waals surface area (Å²) in [5.74, 6) is -0.836. The van der Waals surface area contributed by atoms with Gasteiger partial charge in [0.2, 0.25) is 0 Å². The summed E-state index contributed by atoms with van der Waals surface area (Å²) in [4.78, 5) is 24.3. The SMILES string of the molecule is O=C(COC(=O)C1(c2ccccc2)CC1)Nc1cc(Cl)ccc1Cl. The standard InChI is InChI=1S/C18H15Cl2NO3/c19-13-6-7-14(20)15(10-13)21-16(22)11-24-17(23)18(8-9-18)12-4-2-1-3-5-12/h1-7,10H,8-9,11H2,(H,21,22). The summed E-state index contributed by atoms with van der Waals surface area (Å²) in [6.45, 7) is -0.365. The van der Waals surface area contributed by atoms with E-state index in [1.165, 1.54) is 6.07 Å². The van der Waals surface area contributed by atoms with Crippen molar-refractivity contribution in [1.29, 1.82) is 0 Å². The monoisotopic (exact) mass is 363 g/mol. The maximum atomic E-state index is 12.4. The molecule has 0 radical (unpaired) electrons. The minimum absolute atomic E-state index is 0.363. The quantitative estimate of drug-likeness (QED) is 0.809. The Morgan fingerprint density at radius 3 is 2.46 bits per heavy atom. The van der Waals surface area contributed by atoms with E-state index in [0.717, 1.165) is 18.4 Å². The van der Waals surface area contributed by atoms with Crippen molar-refractivity contribution in [2.75, 3.05) is 11.9 Å². The van der Waals surface area contributed by atoms with Crippen molar-refractivity contribution < 1.29 is 14.3 Å². The molecule has 0 bridgehead atoms. The van der Waals surface area contributed by atoms with Gasteiger partial charge in [-0.05, 0) is 36.6 Å². The van der Waals surface area contributed by atoms with Crippen molar-refractivity contribution in [3.63, 3.8) is 0 Å². The smallest absolute Gasteiger partial charge is 0.317 e. The Kier molecular flexibility index (Phi) is 4.78. The van der Waals surface area contributed by atoms with Gasteiger partial charge in [-0.15, -0.1) is 0 Å². The van der Waals surface area contributed by atoms with Crippen LogP contribution in [0.2, 0.25) is 10.0 Å². The molecule has 2 aromatic rings. The summed E-state index contributed by atoms with van der Waals surface area (Å²) < 4.78 is 5.20. The van der Waals surface area contributed by atoms with E-state index in [2.05, 4.69) is 5.32 Å². The zero-order valence-corrected chi connectivity index (χ0v) is 14.2. The third-order valence-corrected chi connectivity index (χ3v) is 4.57. The predicted octanol–water partition coefficient (Wildman–Crippen LogP) is 4.21. The van der Waals surface area contributed by atoms with Crippen LogP contribution in [-0.4, -0.2) is 18.5 Å². The van der Waals surface area contributed by atoms with Gasteiger partial charge in [-0.1, -0.05) is 53.5 Å². The molecule has 24 heavy (non-hydrogen) atoms. The van der Waals surface area contributed by atoms with Gasteiger partial charge in [0.15, 0.2) is 6.61 Å². The molecule has 0 atom stereocenters. The topological polar surface area (TPSA) is 55.4 Å². The lowest BCUT2D eigenvalue weighted by molar-refractivity contribution is -0.150. The highest BCUT2D eigenvalue weighted by atomic mass is 35.5. The largest absolute Gasteiger partial charge is 0.455 e. The van der Waals surface area contributed by atoms with Crippen LogP contribution in [-0.2, 0) is 19.7 Å². The number of carbonyl (C=O) groups is 2. The second-order valence-corrected chi connectivity index (χ2v) is 6.54. The molecule has 0 spiro atoms. The maximum Gasteiger partial charge on any atom is 0.317 e. The predicted molar refractivity (Wildman–Crippen MR) is 93.4 cm³/mol. The van der Waals surface area contributed by atoms with Gasteiger partial charge in [0.25, 0.3) is 5.91 Å². The second kappa shape index (κ2) is 6.83. The molecule has 1 aliphatic rings. The fourth-order valence-corrected chi connectivity index (χ4v) is 2.88. The van der Waals surface area contributed by atoms with Gasteiger partial charge in [-0.2, -0.15) is 0 Å². The molecule has 124 valence electrons. The van der Waals surface area contributed by atoms with E-state index in [0.29, 0.717) is 15.7 Å². The minimum Gasteiger partial charge on any atom is -0.455 e. The van der Waals surface area contributed by atoms with E-state index in [-0.39, 0.29) is 12.6 Å². The molecule has 0 unspecified atom stereocenters. The average Bonchev–Trinajstić information content (AvgIpc) is 3.39. The molecule has 4 nitrogen and oxygen atoms in total. The molecule has 2 aromatic carbocycles. The number of hydrogen-bond acceptors (Lipinski definition) is 3. The van der Waals surface area contributed by atoms with E-state index < -0.39 is 11.3 Å². The Morgan fingerprint density at radius 2 is 1.79 bits per heavy atom. The third kappa shape index (κ3) is 3.55. The lowest BCUT2D eigenvalue weighted by Gasteiger charge is -2.15. The van der Waals surface area contributed by atoms with E-state index in [1.54, 1.807) is 12.1 Å². The molecule has 1 N–H and O–H groups in total. The van der Waals surface area contributed by atoms with Crippen molar-refractivity contribution in [2.24, 2.45) is 0 Å². The number of ether oxygens (including phenoxy) is 1. The fraction of sp³-hybridized carbons (Fsp3) is 0.222. The van der Waals surface area contributed by atoms with Crippen molar-refractivity contribution >= 4 is 40.8 Å². The first-order valence-electron chi connectivity index (χ1n) is 7.49. The second-order valence-electron chi connectivity index (χ2n) is 5.70. The van der Waals surface area contributed by atoms with E-state index >= 15 is 0 Å². The van der Waals surface area contributed by atoms with Crippen LogP contribution >= 0.6 is 23.2 Å². The summed E-state index contributed by atoms with van der Waals surface area (Å²) in [6.07, 6.45) is 1.47. The van der Waals surface area contributed by atoms with Crippen molar-refractivity contribution in [1.82, 2.24) is 0 Å². The summed E-state index contributed by atoms with van der Waals surface area (Å²) >= 11 is 11.9. The van der Waals surface area contributed by atoms with Gasteiger partial charge in [-0.25, -0.2) is 0 Å². The first kappa shape index (κ1) is 16.8. The molecule has 3 rings (SSSR count). The third-order valence-electron chi connectivity index (χ3n) is 4.00. The van der Waals surface area contributed by atoms with Crippen LogP contribution in [0.4, 0.5) is 5.69 Å². The summed E-state index contributed by atoms with van der Waals surface area (Å²) in [7, 11) is 0. The van der Waals surface area contributed by atoms with Crippen LogP contribution < -0.4 is 5.32 Å². The highest BCUT2D eigenvalue weighted by Crippen LogP contribution is 2.49. The molecule has 1 amide bonds. The normalized spacial score (nSPS) is 14.8. The van der Waals surface area contributed by atoms with Crippen LogP contribution in [0.25, 0.3) is 0 Å². The Bertz CT molecular complexity index is 773. The van der Waals surface area contributed by atoms with Crippen LogP contribution in [0.1, 0.15) is 18.4 Å². The summed E-state index contributed by atoms with van der Waals surface area (Å²) in [5.41, 5.74) is 0.706. The Morgan fingerprint density at radius 1 is 1.08 bits per heavy atom. The van der Waals surface area contributed by atoms with Crippen LogP contribution in [0.15, 0.2) is 48.5 Å². The molecule has 0 aromatic heterocycles. The van der Waals surface area contributed by atoms with Gasteiger partial charge >= 0.3 is 5.97 Å². The number of esters is 1. The number of amides is 1. The first-order chi connectivity index (χ1) is 11.5. The minimum atomic E-state index is -0.602. The van der Waals surface area contributed by atoms with E-state index in [4.69, 9.17) is 27.9 Å².